The molecule has 0 aliphatic heterocycles. The summed E-state index contributed by atoms with van der Waals surface area (Å²) in [5.74, 6) is 3.84. The molecule has 0 spiro atoms. The number of benzene rings is 2. The lowest BCUT2D eigenvalue weighted by atomic mass is 9.68. The molecule has 0 amide bonds. The molecule has 0 radical (unpaired) electrons. The van der Waals surface area contributed by atoms with Crippen molar-refractivity contribution in [2.75, 3.05) is 0 Å². The third kappa shape index (κ3) is 6.64. The monoisotopic (exact) mass is 456 g/mol. The first-order valence-electron chi connectivity index (χ1n) is 13.2. The highest BCUT2D eigenvalue weighted by Gasteiger charge is 2.31. The smallest absolute Gasteiger partial charge is 0.166 e. The number of hydrogen-bond donors (Lipinski definition) is 0. The van der Waals surface area contributed by atoms with E-state index in [-0.39, 0.29) is 0 Å². The molecule has 33 heavy (non-hydrogen) atoms. The van der Waals surface area contributed by atoms with Crippen LogP contribution in [0, 0.1) is 23.7 Å². The number of halogens is 3. The van der Waals surface area contributed by atoms with Crippen LogP contribution >= 0.6 is 0 Å². The summed E-state index contributed by atoms with van der Waals surface area (Å²) in [6.07, 6.45) is 12.4. The van der Waals surface area contributed by atoms with Crippen LogP contribution in [0.25, 0.3) is 11.1 Å². The van der Waals surface area contributed by atoms with Crippen molar-refractivity contribution in [3.8, 4) is 11.1 Å². The molecule has 4 rings (SSSR count). The second-order valence-electron chi connectivity index (χ2n) is 10.7. The van der Waals surface area contributed by atoms with Gasteiger partial charge in [-0.1, -0.05) is 81.8 Å². The van der Waals surface area contributed by atoms with Gasteiger partial charge >= 0.3 is 6.18 Å². The molecule has 0 nitrogen and oxygen atoms in total. The van der Waals surface area contributed by atoms with Crippen molar-refractivity contribution in [2.24, 2.45) is 23.7 Å². The Kier molecular flexibility index (Phi) is 8.20. The molecule has 2 aliphatic rings. The van der Waals surface area contributed by atoms with Crippen LogP contribution in [0.2, 0.25) is 0 Å². The van der Waals surface area contributed by atoms with E-state index < -0.39 is 11.7 Å². The Bertz CT molecular complexity index is 834. The topological polar surface area (TPSA) is 0 Å². The highest BCUT2D eigenvalue weighted by Crippen LogP contribution is 2.43. The fourth-order valence-electron chi connectivity index (χ4n) is 6.39. The van der Waals surface area contributed by atoms with Gasteiger partial charge in [0.2, 0.25) is 0 Å². The Balaban J connectivity index is 1.20. The normalized spacial score (nSPS) is 26.3. The summed E-state index contributed by atoms with van der Waals surface area (Å²) >= 11 is 0. The molecule has 2 fully saturated rings. The standard InChI is InChI=1S/C30H39F3/c1-2-3-22-6-12-25(13-7-22)26-14-8-23(9-15-26)4-5-24-10-16-27(17-11-24)28-18-20-29(21-19-28)30(31,32)33/h10-11,16-23,25-26H,2-9,12-15H2,1H3. The number of alkyl halides is 3. The first-order chi connectivity index (χ1) is 15.9. The lowest BCUT2D eigenvalue weighted by Crippen LogP contribution is -2.26. The molecule has 3 heteroatoms. The van der Waals surface area contributed by atoms with Gasteiger partial charge in [0.1, 0.15) is 0 Å². The minimum absolute atomic E-state index is 0.596. The molecule has 0 unspecified atom stereocenters. The van der Waals surface area contributed by atoms with Crippen LogP contribution in [0.5, 0.6) is 0 Å². The maximum Gasteiger partial charge on any atom is 0.416 e. The van der Waals surface area contributed by atoms with Gasteiger partial charge in [0, 0.05) is 0 Å². The largest absolute Gasteiger partial charge is 0.416 e. The van der Waals surface area contributed by atoms with E-state index in [9.17, 15) is 13.2 Å². The SMILES string of the molecule is CCCC1CCC(C2CCC(CCc3ccc(-c4ccc(C(F)(F)F)cc4)cc3)CC2)CC1. The van der Waals surface area contributed by atoms with E-state index in [0.29, 0.717) is 0 Å². The van der Waals surface area contributed by atoms with E-state index in [0.717, 1.165) is 53.4 Å². The predicted octanol–water partition coefficient (Wildman–Crippen LogP) is 9.72. The highest BCUT2D eigenvalue weighted by molar-refractivity contribution is 5.64. The molecular weight excluding hydrogens is 417 g/mol. The summed E-state index contributed by atoms with van der Waals surface area (Å²) in [5, 5.41) is 0. The molecule has 2 aliphatic carbocycles. The van der Waals surface area contributed by atoms with Gasteiger partial charge in [0.25, 0.3) is 0 Å². The quantitative estimate of drug-likeness (QED) is 0.389. The lowest BCUT2D eigenvalue weighted by molar-refractivity contribution is -0.137. The summed E-state index contributed by atoms with van der Waals surface area (Å²) in [6, 6.07) is 13.8. The maximum atomic E-state index is 12.8. The summed E-state index contributed by atoms with van der Waals surface area (Å²) in [4.78, 5) is 0. The predicted molar refractivity (Wildman–Crippen MR) is 131 cm³/mol. The molecular formula is C30H39F3. The van der Waals surface area contributed by atoms with Gasteiger partial charge in [-0.2, -0.15) is 13.2 Å². The molecule has 2 aromatic rings. The molecule has 0 atom stereocenters. The van der Waals surface area contributed by atoms with Gasteiger partial charge in [-0.3, -0.25) is 0 Å². The van der Waals surface area contributed by atoms with E-state index in [1.807, 2.05) is 12.1 Å². The zero-order valence-corrected chi connectivity index (χ0v) is 20.0. The van der Waals surface area contributed by atoms with Crippen molar-refractivity contribution in [1.82, 2.24) is 0 Å². The fraction of sp³-hybridized carbons (Fsp3) is 0.600. The van der Waals surface area contributed by atoms with Crippen molar-refractivity contribution in [1.29, 1.82) is 0 Å². The Morgan fingerprint density at radius 2 is 1.09 bits per heavy atom. The molecule has 2 saturated carbocycles. The second-order valence-corrected chi connectivity index (χ2v) is 10.7. The molecule has 2 aromatic carbocycles. The van der Waals surface area contributed by atoms with Crippen LogP contribution < -0.4 is 0 Å². The molecule has 0 aromatic heterocycles. The summed E-state index contributed by atoms with van der Waals surface area (Å²) < 4.78 is 38.3. The van der Waals surface area contributed by atoms with Crippen LogP contribution in [-0.2, 0) is 12.6 Å². The summed E-state index contributed by atoms with van der Waals surface area (Å²) in [6.45, 7) is 2.32. The number of aryl methyl sites for hydroxylation is 1. The van der Waals surface area contributed by atoms with Crippen molar-refractivity contribution in [3.63, 3.8) is 0 Å². The average molecular weight is 457 g/mol. The van der Waals surface area contributed by atoms with Crippen LogP contribution in [0.15, 0.2) is 48.5 Å². The molecule has 0 N–H and O–H groups in total. The first kappa shape index (κ1) is 24.4. The van der Waals surface area contributed by atoms with Gasteiger partial charge in [-0.15, -0.1) is 0 Å². The van der Waals surface area contributed by atoms with Gasteiger partial charge in [-0.25, -0.2) is 0 Å². The van der Waals surface area contributed by atoms with E-state index in [1.54, 1.807) is 12.1 Å². The molecule has 0 saturated heterocycles. The zero-order valence-electron chi connectivity index (χ0n) is 20.0. The lowest BCUT2D eigenvalue weighted by Gasteiger charge is -2.38. The third-order valence-corrected chi connectivity index (χ3v) is 8.49. The Labute approximate surface area is 198 Å². The van der Waals surface area contributed by atoms with Gasteiger partial charge < -0.3 is 0 Å². The van der Waals surface area contributed by atoms with Crippen LogP contribution in [-0.4, -0.2) is 0 Å². The van der Waals surface area contributed by atoms with E-state index >= 15 is 0 Å². The highest BCUT2D eigenvalue weighted by atomic mass is 19.4. The molecule has 0 bridgehead atoms. The summed E-state index contributed by atoms with van der Waals surface area (Å²) in [5.41, 5.74) is 2.54. The number of rotatable bonds is 7. The van der Waals surface area contributed by atoms with Crippen molar-refractivity contribution in [2.45, 2.75) is 90.1 Å². The minimum atomic E-state index is -4.28. The number of hydrogen-bond acceptors (Lipinski definition) is 0. The molecule has 0 heterocycles. The fourth-order valence-corrected chi connectivity index (χ4v) is 6.39. The Morgan fingerprint density at radius 3 is 1.55 bits per heavy atom. The zero-order chi connectivity index (χ0) is 23.3. The Hall–Kier alpha value is -1.77. The van der Waals surface area contributed by atoms with Gasteiger partial charge in [0.15, 0.2) is 0 Å². The van der Waals surface area contributed by atoms with Crippen molar-refractivity contribution < 1.29 is 13.2 Å². The van der Waals surface area contributed by atoms with Crippen molar-refractivity contribution >= 4 is 0 Å². The van der Waals surface area contributed by atoms with Crippen LogP contribution in [0.4, 0.5) is 13.2 Å². The summed E-state index contributed by atoms with van der Waals surface area (Å²) in [7, 11) is 0. The van der Waals surface area contributed by atoms with E-state index in [1.165, 1.54) is 76.2 Å². The third-order valence-electron chi connectivity index (χ3n) is 8.49. The minimum Gasteiger partial charge on any atom is -0.166 e. The van der Waals surface area contributed by atoms with Crippen LogP contribution in [0.3, 0.4) is 0 Å². The molecule has 180 valence electrons. The van der Waals surface area contributed by atoms with E-state index in [4.69, 9.17) is 0 Å². The maximum absolute atomic E-state index is 12.8. The van der Waals surface area contributed by atoms with Crippen molar-refractivity contribution in [3.05, 3.63) is 59.7 Å². The van der Waals surface area contributed by atoms with E-state index in [2.05, 4.69) is 19.1 Å². The second kappa shape index (κ2) is 11.1. The first-order valence-corrected chi connectivity index (χ1v) is 13.2. The Morgan fingerprint density at radius 1 is 0.636 bits per heavy atom. The average Bonchev–Trinajstić information content (AvgIpc) is 2.84. The van der Waals surface area contributed by atoms with Crippen LogP contribution in [0.1, 0.15) is 88.7 Å². The van der Waals surface area contributed by atoms with Gasteiger partial charge in [0.05, 0.1) is 5.56 Å². The van der Waals surface area contributed by atoms with Gasteiger partial charge in [-0.05, 0) is 91.0 Å².